The van der Waals surface area contributed by atoms with E-state index in [0.717, 1.165) is 42.9 Å². The number of piperazine rings is 1. The number of carbonyl (C=O) groups excluding carboxylic acids is 1. The van der Waals surface area contributed by atoms with Gasteiger partial charge in [-0.3, -0.25) is 4.79 Å². The third-order valence-corrected chi connectivity index (χ3v) is 4.34. The highest BCUT2D eigenvalue weighted by Gasteiger charge is 2.25. The maximum absolute atomic E-state index is 12.7. The molecule has 1 aliphatic heterocycles. The molecular weight excluding hydrogens is 318 g/mol. The molecule has 0 radical (unpaired) electrons. The lowest BCUT2D eigenvalue weighted by Crippen LogP contribution is -2.49. The number of furan rings is 1. The summed E-state index contributed by atoms with van der Waals surface area (Å²) >= 11 is 0. The Labute approximate surface area is 148 Å². The van der Waals surface area contributed by atoms with Gasteiger partial charge in [-0.25, -0.2) is 9.97 Å². The number of amides is 1. The lowest BCUT2D eigenvalue weighted by atomic mass is 10.2. The SMILES string of the molecule is CCNc1cc(N2CCN(C(=O)c3cc(C)oc3C)CC2)nc(C)n1. The fourth-order valence-electron chi connectivity index (χ4n) is 3.14. The molecule has 1 saturated heterocycles. The molecule has 2 aromatic heterocycles. The molecule has 25 heavy (non-hydrogen) atoms. The lowest BCUT2D eigenvalue weighted by Gasteiger charge is -2.35. The van der Waals surface area contributed by atoms with Crippen LogP contribution >= 0.6 is 0 Å². The zero-order valence-corrected chi connectivity index (χ0v) is 15.3. The molecule has 1 aliphatic rings. The van der Waals surface area contributed by atoms with E-state index in [2.05, 4.69) is 20.2 Å². The molecule has 0 spiro atoms. The Hall–Kier alpha value is -2.57. The molecule has 0 bridgehead atoms. The van der Waals surface area contributed by atoms with Crippen molar-refractivity contribution in [3.63, 3.8) is 0 Å². The van der Waals surface area contributed by atoms with Crippen LogP contribution in [0.2, 0.25) is 0 Å². The normalized spacial score (nSPS) is 14.7. The molecule has 3 rings (SSSR count). The van der Waals surface area contributed by atoms with Gasteiger partial charge in [0.15, 0.2) is 0 Å². The zero-order chi connectivity index (χ0) is 18.0. The number of aromatic nitrogens is 2. The number of hydrogen-bond acceptors (Lipinski definition) is 6. The summed E-state index contributed by atoms with van der Waals surface area (Å²) in [7, 11) is 0. The van der Waals surface area contributed by atoms with Crippen molar-refractivity contribution in [2.45, 2.75) is 27.7 Å². The minimum Gasteiger partial charge on any atom is -0.466 e. The van der Waals surface area contributed by atoms with Gasteiger partial charge >= 0.3 is 0 Å². The van der Waals surface area contributed by atoms with Gasteiger partial charge < -0.3 is 19.5 Å². The van der Waals surface area contributed by atoms with E-state index in [1.165, 1.54) is 0 Å². The maximum Gasteiger partial charge on any atom is 0.257 e. The molecule has 0 unspecified atom stereocenters. The minimum absolute atomic E-state index is 0.0428. The molecule has 2 aromatic rings. The minimum atomic E-state index is 0.0428. The predicted octanol–water partition coefficient (Wildman–Crippen LogP) is 2.39. The third-order valence-electron chi connectivity index (χ3n) is 4.34. The first kappa shape index (κ1) is 17.3. The van der Waals surface area contributed by atoms with E-state index in [-0.39, 0.29) is 5.91 Å². The number of rotatable bonds is 4. The summed E-state index contributed by atoms with van der Waals surface area (Å²) in [6.45, 7) is 11.3. The molecule has 134 valence electrons. The van der Waals surface area contributed by atoms with Crippen LogP contribution in [0.4, 0.5) is 11.6 Å². The number of hydrogen-bond donors (Lipinski definition) is 1. The molecule has 7 heteroatoms. The maximum atomic E-state index is 12.7. The standard InChI is InChI=1S/C18H25N5O2/c1-5-19-16-11-17(21-14(4)20-16)22-6-8-23(9-7-22)18(24)15-10-12(2)25-13(15)3/h10-11H,5-9H2,1-4H3,(H,19,20,21). The van der Waals surface area contributed by atoms with Crippen molar-refractivity contribution < 1.29 is 9.21 Å². The quantitative estimate of drug-likeness (QED) is 0.919. The molecule has 1 N–H and O–H groups in total. The summed E-state index contributed by atoms with van der Waals surface area (Å²) in [5.41, 5.74) is 0.665. The fraction of sp³-hybridized carbons (Fsp3) is 0.500. The molecular formula is C18H25N5O2. The Bertz CT molecular complexity index is 763. The summed E-state index contributed by atoms with van der Waals surface area (Å²) in [5.74, 6) is 4.00. The van der Waals surface area contributed by atoms with Crippen LogP contribution in [0.5, 0.6) is 0 Å². The summed E-state index contributed by atoms with van der Waals surface area (Å²) in [6, 6.07) is 3.79. The van der Waals surface area contributed by atoms with Gasteiger partial charge in [0.05, 0.1) is 5.56 Å². The van der Waals surface area contributed by atoms with Crippen molar-refractivity contribution in [2.24, 2.45) is 0 Å². The van der Waals surface area contributed by atoms with Crippen LogP contribution < -0.4 is 10.2 Å². The van der Waals surface area contributed by atoms with Crippen LogP contribution in [-0.2, 0) is 0 Å². The van der Waals surface area contributed by atoms with Crippen LogP contribution in [-0.4, -0.2) is 53.5 Å². The van der Waals surface area contributed by atoms with E-state index in [9.17, 15) is 4.79 Å². The Balaban J connectivity index is 1.67. The average molecular weight is 343 g/mol. The van der Waals surface area contributed by atoms with E-state index in [0.29, 0.717) is 24.4 Å². The molecule has 1 amide bonds. The highest BCUT2D eigenvalue weighted by atomic mass is 16.3. The molecule has 0 saturated carbocycles. The average Bonchev–Trinajstić information content (AvgIpc) is 2.92. The first-order valence-corrected chi connectivity index (χ1v) is 8.68. The van der Waals surface area contributed by atoms with Crippen LogP contribution in [0.3, 0.4) is 0 Å². The van der Waals surface area contributed by atoms with Gasteiger partial charge in [-0.2, -0.15) is 0 Å². The summed E-state index contributed by atoms with van der Waals surface area (Å²) in [4.78, 5) is 25.7. The van der Waals surface area contributed by atoms with Crippen molar-refractivity contribution in [3.05, 3.63) is 35.0 Å². The molecule has 0 aromatic carbocycles. The molecule has 7 nitrogen and oxygen atoms in total. The second-order valence-electron chi connectivity index (χ2n) is 6.30. The number of anilines is 2. The van der Waals surface area contributed by atoms with E-state index in [4.69, 9.17) is 4.42 Å². The Morgan fingerprint density at radius 1 is 1.16 bits per heavy atom. The first-order chi connectivity index (χ1) is 12.0. The summed E-state index contributed by atoms with van der Waals surface area (Å²) in [5, 5.41) is 3.23. The van der Waals surface area contributed by atoms with Gasteiger partial charge in [-0.1, -0.05) is 0 Å². The molecule has 1 fully saturated rings. The summed E-state index contributed by atoms with van der Waals surface area (Å²) < 4.78 is 5.48. The Kier molecular flexibility index (Phi) is 4.92. The summed E-state index contributed by atoms with van der Waals surface area (Å²) in [6.07, 6.45) is 0. The topological polar surface area (TPSA) is 74.5 Å². The second-order valence-corrected chi connectivity index (χ2v) is 6.30. The van der Waals surface area contributed by atoms with Gasteiger partial charge in [-0.15, -0.1) is 0 Å². The third kappa shape index (κ3) is 3.75. The van der Waals surface area contributed by atoms with Crippen LogP contribution in [0.15, 0.2) is 16.5 Å². The molecule has 0 atom stereocenters. The monoisotopic (exact) mass is 343 g/mol. The van der Waals surface area contributed by atoms with E-state index < -0.39 is 0 Å². The second kappa shape index (κ2) is 7.13. The van der Waals surface area contributed by atoms with Gasteiger partial charge in [-0.05, 0) is 33.8 Å². The Morgan fingerprint density at radius 2 is 1.88 bits per heavy atom. The number of nitrogens with one attached hydrogen (secondary N) is 1. The lowest BCUT2D eigenvalue weighted by molar-refractivity contribution is 0.0744. The highest BCUT2D eigenvalue weighted by molar-refractivity contribution is 5.95. The van der Waals surface area contributed by atoms with Gasteiger partial charge in [0.2, 0.25) is 0 Å². The van der Waals surface area contributed by atoms with Crippen molar-refractivity contribution in [3.8, 4) is 0 Å². The van der Waals surface area contributed by atoms with Gasteiger partial charge in [0.25, 0.3) is 5.91 Å². The highest BCUT2D eigenvalue weighted by Crippen LogP contribution is 2.20. The van der Waals surface area contributed by atoms with Crippen molar-refractivity contribution in [2.75, 3.05) is 42.9 Å². The largest absolute Gasteiger partial charge is 0.466 e. The van der Waals surface area contributed by atoms with Crippen molar-refractivity contribution >= 4 is 17.5 Å². The predicted molar refractivity (Wildman–Crippen MR) is 97.2 cm³/mol. The van der Waals surface area contributed by atoms with E-state index >= 15 is 0 Å². The number of carbonyl (C=O) groups is 1. The van der Waals surface area contributed by atoms with E-state index in [1.54, 1.807) is 0 Å². The van der Waals surface area contributed by atoms with Gasteiger partial charge in [0, 0.05) is 38.8 Å². The fourth-order valence-corrected chi connectivity index (χ4v) is 3.14. The number of aryl methyl sites for hydroxylation is 3. The Morgan fingerprint density at radius 3 is 2.48 bits per heavy atom. The van der Waals surface area contributed by atoms with E-state index in [1.807, 2.05) is 44.7 Å². The molecule has 3 heterocycles. The van der Waals surface area contributed by atoms with Crippen LogP contribution in [0.25, 0.3) is 0 Å². The van der Waals surface area contributed by atoms with Gasteiger partial charge in [0.1, 0.15) is 29.0 Å². The molecule has 0 aliphatic carbocycles. The van der Waals surface area contributed by atoms with Crippen molar-refractivity contribution in [1.29, 1.82) is 0 Å². The first-order valence-electron chi connectivity index (χ1n) is 8.68. The number of nitrogens with zero attached hydrogens (tertiary/aromatic N) is 4. The zero-order valence-electron chi connectivity index (χ0n) is 15.3. The smallest absolute Gasteiger partial charge is 0.257 e. The van der Waals surface area contributed by atoms with Crippen LogP contribution in [0.1, 0.15) is 34.6 Å². The van der Waals surface area contributed by atoms with Crippen LogP contribution in [0, 0.1) is 20.8 Å². The van der Waals surface area contributed by atoms with Crippen molar-refractivity contribution in [1.82, 2.24) is 14.9 Å².